The molecule has 3 rings (SSSR count). The first-order valence-electron chi connectivity index (χ1n) is 8.71. The van der Waals surface area contributed by atoms with Crippen molar-refractivity contribution < 1.29 is 9.53 Å². The smallest absolute Gasteiger partial charge is 0.227 e. The van der Waals surface area contributed by atoms with Crippen LogP contribution in [0.1, 0.15) is 31.2 Å². The average Bonchev–Trinajstić information content (AvgIpc) is 3.27. The van der Waals surface area contributed by atoms with Gasteiger partial charge in [0.2, 0.25) is 5.91 Å². The van der Waals surface area contributed by atoms with Crippen LogP contribution in [0.4, 0.5) is 5.69 Å². The summed E-state index contributed by atoms with van der Waals surface area (Å²) in [7, 11) is 1.77. The molecule has 1 aromatic carbocycles. The molecule has 0 spiro atoms. The van der Waals surface area contributed by atoms with Crippen molar-refractivity contribution >= 4 is 41.5 Å². The number of aliphatic imine (C=N–C) groups is 1. The SMILES string of the molecule is CN=C(NCc1ccc(N2CCCC2=O)cc1)NCC1CCCO1.I. The van der Waals surface area contributed by atoms with Crippen LogP contribution in [0.3, 0.4) is 0 Å². The summed E-state index contributed by atoms with van der Waals surface area (Å²) in [5.74, 6) is 1.00. The molecule has 2 N–H and O–H groups in total. The van der Waals surface area contributed by atoms with Crippen LogP contribution in [0, 0.1) is 0 Å². The van der Waals surface area contributed by atoms with Gasteiger partial charge in [0.05, 0.1) is 6.10 Å². The highest BCUT2D eigenvalue weighted by molar-refractivity contribution is 14.0. The van der Waals surface area contributed by atoms with Gasteiger partial charge in [-0.15, -0.1) is 24.0 Å². The summed E-state index contributed by atoms with van der Waals surface area (Å²) < 4.78 is 5.60. The number of hydrogen-bond acceptors (Lipinski definition) is 3. The molecule has 2 aliphatic rings. The van der Waals surface area contributed by atoms with Gasteiger partial charge in [-0.05, 0) is 37.0 Å². The molecule has 1 atom stereocenters. The van der Waals surface area contributed by atoms with E-state index in [0.29, 0.717) is 19.1 Å². The fourth-order valence-corrected chi connectivity index (χ4v) is 3.14. The van der Waals surface area contributed by atoms with E-state index in [0.717, 1.165) is 56.2 Å². The highest BCUT2D eigenvalue weighted by Crippen LogP contribution is 2.21. The topological polar surface area (TPSA) is 66.0 Å². The Balaban J connectivity index is 0.00000225. The first kappa shape index (κ1) is 20.0. The predicted molar refractivity (Wildman–Crippen MR) is 111 cm³/mol. The summed E-state index contributed by atoms with van der Waals surface area (Å²) in [6.07, 6.45) is 4.16. The van der Waals surface area contributed by atoms with E-state index in [1.807, 2.05) is 17.0 Å². The van der Waals surface area contributed by atoms with E-state index >= 15 is 0 Å². The molecule has 0 saturated carbocycles. The van der Waals surface area contributed by atoms with Crippen LogP contribution in [0.2, 0.25) is 0 Å². The maximum Gasteiger partial charge on any atom is 0.227 e. The fourth-order valence-electron chi connectivity index (χ4n) is 3.14. The van der Waals surface area contributed by atoms with Gasteiger partial charge >= 0.3 is 0 Å². The molecule has 2 saturated heterocycles. The largest absolute Gasteiger partial charge is 0.376 e. The van der Waals surface area contributed by atoms with Gasteiger partial charge in [0.15, 0.2) is 5.96 Å². The van der Waals surface area contributed by atoms with Gasteiger partial charge < -0.3 is 20.3 Å². The first-order chi connectivity index (χ1) is 11.8. The number of amides is 1. The molecule has 2 fully saturated rings. The molecule has 0 radical (unpaired) electrons. The zero-order chi connectivity index (χ0) is 16.8. The second-order valence-electron chi connectivity index (χ2n) is 6.26. The monoisotopic (exact) mass is 458 g/mol. The molecular formula is C18H27IN4O2. The third-order valence-corrected chi connectivity index (χ3v) is 4.53. The van der Waals surface area contributed by atoms with Crippen LogP contribution < -0.4 is 15.5 Å². The van der Waals surface area contributed by atoms with Crippen molar-refractivity contribution in [2.45, 2.75) is 38.3 Å². The van der Waals surface area contributed by atoms with E-state index in [1.165, 1.54) is 0 Å². The Morgan fingerprint density at radius 1 is 1.28 bits per heavy atom. The van der Waals surface area contributed by atoms with Crippen molar-refractivity contribution in [1.29, 1.82) is 0 Å². The summed E-state index contributed by atoms with van der Waals surface area (Å²) in [6.45, 7) is 3.18. The van der Waals surface area contributed by atoms with Crippen molar-refractivity contribution in [1.82, 2.24) is 10.6 Å². The number of ether oxygens (including phenoxy) is 1. The maximum absolute atomic E-state index is 11.8. The van der Waals surface area contributed by atoms with Gasteiger partial charge in [-0.2, -0.15) is 0 Å². The van der Waals surface area contributed by atoms with Crippen LogP contribution >= 0.6 is 24.0 Å². The number of halogens is 1. The number of hydrogen-bond donors (Lipinski definition) is 2. The second kappa shape index (κ2) is 9.96. The van der Waals surface area contributed by atoms with E-state index in [9.17, 15) is 4.79 Å². The van der Waals surface area contributed by atoms with E-state index < -0.39 is 0 Å². The minimum atomic E-state index is 0. The van der Waals surface area contributed by atoms with Crippen molar-refractivity contribution in [3.63, 3.8) is 0 Å². The number of rotatable bonds is 5. The Labute approximate surface area is 166 Å². The molecule has 1 amide bonds. The minimum absolute atomic E-state index is 0. The quantitative estimate of drug-likeness (QED) is 0.404. The minimum Gasteiger partial charge on any atom is -0.376 e. The molecule has 6 nitrogen and oxygen atoms in total. The van der Waals surface area contributed by atoms with Crippen LogP contribution in [0.5, 0.6) is 0 Å². The molecule has 0 bridgehead atoms. The normalized spacial score (nSPS) is 20.5. The van der Waals surface area contributed by atoms with Gasteiger partial charge in [0.1, 0.15) is 0 Å². The number of nitrogens with zero attached hydrogens (tertiary/aromatic N) is 2. The van der Waals surface area contributed by atoms with Crippen LogP contribution in [0.15, 0.2) is 29.3 Å². The third-order valence-electron chi connectivity index (χ3n) is 4.53. The summed E-state index contributed by atoms with van der Waals surface area (Å²) in [6, 6.07) is 8.15. The third kappa shape index (κ3) is 5.57. The van der Waals surface area contributed by atoms with Gasteiger partial charge in [-0.1, -0.05) is 12.1 Å². The van der Waals surface area contributed by atoms with E-state index in [4.69, 9.17) is 4.74 Å². The van der Waals surface area contributed by atoms with Crippen molar-refractivity contribution in [3.05, 3.63) is 29.8 Å². The maximum atomic E-state index is 11.8. The molecule has 1 aromatic rings. The zero-order valence-corrected chi connectivity index (χ0v) is 17.0. The number of carbonyl (C=O) groups is 1. The molecule has 2 aliphatic heterocycles. The molecule has 7 heteroatoms. The van der Waals surface area contributed by atoms with Gasteiger partial charge in [-0.3, -0.25) is 9.79 Å². The number of carbonyl (C=O) groups excluding carboxylic acids is 1. The van der Waals surface area contributed by atoms with Crippen LogP contribution in [-0.2, 0) is 16.1 Å². The van der Waals surface area contributed by atoms with Crippen molar-refractivity contribution in [2.75, 3.05) is 31.6 Å². The lowest BCUT2D eigenvalue weighted by molar-refractivity contribution is -0.117. The average molecular weight is 458 g/mol. The van der Waals surface area contributed by atoms with Gasteiger partial charge in [0, 0.05) is 45.4 Å². The molecule has 2 heterocycles. The number of guanidine groups is 1. The Morgan fingerprint density at radius 3 is 2.68 bits per heavy atom. The Morgan fingerprint density at radius 2 is 2.08 bits per heavy atom. The lowest BCUT2D eigenvalue weighted by Gasteiger charge is -2.17. The number of benzene rings is 1. The molecule has 1 unspecified atom stereocenters. The van der Waals surface area contributed by atoms with Gasteiger partial charge in [0.25, 0.3) is 0 Å². The Hall–Kier alpha value is -1.35. The van der Waals surface area contributed by atoms with Crippen LogP contribution in [0.25, 0.3) is 0 Å². The predicted octanol–water partition coefficient (Wildman–Crippen LogP) is 2.28. The highest BCUT2D eigenvalue weighted by atomic mass is 127. The Kier molecular flexibility index (Phi) is 7.95. The lowest BCUT2D eigenvalue weighted by atomic mass is 10.2. The summed E-state index contributed by atoms with van der Waals surface area (Å²) in [5.41, 5.74) is 2.15. The van der Waals surface area contributed by atoms with E-state index in [2.05, 4.69) is 27.8 Å². The van der Waals surface area contributed by atoms with Crippen molar-refractivity contribution in [2.24, 2.45) is 4.99 Å². The van der Waals surface area contributed by atoms with Crippen LogP contribution in [-0.4, -0.2) is 44.7 Å². The highest BCUT2D eigenvalue weighted by Gasteiger charge is 2.21. The fraction of sp³-hybridized carbons (Fsp3) is 0.556. The van der Waals surface area contributed by atoms with E-state index in [-0.39, 0.29) is 29.9 Å². The number of anilines is 1. The van der Waals surface area contributed by atoms with Gasteiger partial charge in [-0.25, -0.2) is 0 Å². The number of nitrogens with one attached hydrogen (secondary N) is 2. The molecular weight excluding hydrogens is 431 g/mol. The lowest BCUT2D eigenvalue weighted by Crippen LogP contribution is -2.40. The van der Waals surface area contributed by atoms with E-state index in [1.54, 1.807) is 7.05 Å². The summed E-state index contributed by atoms with van der Waals surface area (Å²) >= 11 is 0. The second-order valence-corrected chi connectivity index (χ2v) is 6.26. The van der Waals surface area contributed by atoms with Crippen molar-refractivity contribution in [3.8, 4) is 0 Å². The zero-order valence-electron chi connectivity index (χ0n) is 14.7. The first-order valence-corrected chi connectivity index (χ1v) is 8.71. The molecule has 138 valence electrons. The Bertz CT molecular complexity index is 585. The summed E-state index contributed by atoms with van der Waals surface area (Å²) in [5, 5.41) is 6.61. The standard InChI is InChI=1S/C18H26N4O2.HI/c1-19-18(21-13-16-4-3-11-24-16)20-12-14-6-8-15(9-7-14)22-10-2-5-17(22)23;/h6-9,16H,2-5,10-13H2,1H3,(H2,19,20,21);1H. The molecule has 0 aliphatic carbocycles. The summed E-state index contributed by atoms with van der Waals surface area (Å²) in [4.78, 5) is 17.9. The molecule has 0 aromatic heterocycles. The molecule has 25 heavy (non-hydrogen) atoms.